The number of nitrogens with one attached hydrogen (secondary N) is 1. The molecule has 0 atom stereocenters. The lowest BCUT2D eigenvalue weighted by Crippen LogP contribution is -2.36. The van der Waals surface area contributed by atoms with E-state index in [1.165, 1.54) is 6.20 Å². The number of pyridine rings is 1. The van der Waals surface area contributed by atoms with Crippen LogP contribution < -0.4 is 10.2 Å². The Morgan fingerprint density at radius 1 is 1.26 bits per heavy atom. The fourth-order valence-electron chi connectivity index (χ4n) is 2.53. The molecule has 6 nitrogen and oxygen atoms in total. The number of thiazole rings is 1. The predicted octanol–water partition coefficient (Wildman–Crippen LogP) is 2.34. The van der Waals surface area contributed by atoms with Crippen molar-refractivity contribution in [2.45, 2.75) is 6.42 Å². The van der Waals surface area contributed by atoms with Gasteiger partial charge in [-0.15, -0.1) is 11.3 Å². The van der Waals surface area contributed by atoms with E-state index in [0.717, 1.165) is 37.7 Å². The summed E-state index contributed by atoms with van der Waals surface area (Å²) in [6, 6.07) is 3.41. The summed E-state index contributed by atoms with van der Waals surface area (Å²) in [7, 11) is 0. The van der Waals surface area contributed by atoms with Crippen molar-refractivity contribution in [3.05, 3.63) is 34.9 Å². The topological polar surface area (TPSA) is 61.4 Å². The van der Waals surface area contributed by atoms with E-state index >= 15 is 0 Å². The minimum atomic E-state index is -0.0532. The first-order valence-corrected chi connectivity index (χ1v) is 8.75. The largest absolute Gasteiger partial charge is 0.347 e. The Balaban J connectivity index is 1.50. The number of anilines is 2. The highest BCUT2D eigenvalue weighted by molar-refractivity contribution is 7.13. The standard InChI is InChI=1S/C15H18ClN5OS/c16-12-2-3-13(18-10-12)19-14(22)11-20-5-1-6-21(8-7-20)15-17-4-9-23-15/h2-4,9-10H,1,5-8,11H2,(H,18,19,22). The summed E-state index contributed by atoms with van der Waals surface area (Å²) < 4.78 is 0. The second-order valence-corrected chi connectivity index (χ2v) is 6.65. The molecule has 0 aliphatic carbocycles. The highest BCUT2D eigenvalue weighted by atomic mass is 35.5. The summed E-state index contributed by atoms with van der Waals surface area (Å²) >= 11 is 7.44. The zero-order chi connectivity index (χ0) is 16.1. The molecule has 0 bridgehead atoms. The molecule has 122 valence electrons. The average molecular weight is 352 g/mol. The van der Waals surface area contributed by atoms with E-state index in [2.05, 4.69) is 25.1 Å². The van der Waals surface area contributed by atoms with Gasteiger partial charge in [0.1, 0.15) is 5.82 Å². The predicted molar refractivity (Wildman–Crippen MR) is 93.3 cm³/mol. The first-order valence-electron chi connectivity index (χ1n) is 7.49. The van der Waals surface area contributed by atoms with Gasteiger partial charge in [-0.25, -0.2) is 9.97 Å². The van der Waals surface area contributed by atoms with E-state index in [0.29, 0.717) is 17.4 Å². The van der Waals surface area contributed by atoms with Crippen LogP contribution in [0.3, 0.4) is 0 Å². The summed E-state index contributed by atoms with van der Waals surface area (Å²) in [5.74, 6) is 0.473. The Morgan fingerprint density at radius 3 is 2.91 bits per heavy atom. The van der Waals surface area contributed by atoms with Gasteiger partial charge in [0.2, 0.25) is 5.91 Å². The van der Waals surface area contributed by atoms with Gasteiger partial charge < -0.3 is 10.2 Å². The number of hydrogen-bond acceptors (Lipinski definition) is 6. The zero-order valence-electron chi connectivity index (χ0n) is 12.6. The van der Waals surface area contributed by atoms with Crippen molar-refractivity contribution in [2.24, 2.45) is 0 Å². The minimum Gasteiger partial charge on any atom is -0.347 e. The van der Waals surface area contributed by atoms with Crippen LogP contribution in [0.2, 0.25) is 5.02 Å². The van der Waals surface area contributed by atoms with Crippen LogP contribution in [-0.4, -0.2) is 53.5 Å². The monoisotopic (exact) mass is 351 g/mol. The molecular formula is C15H18ClN5OS. The molecule has 1 N–H and O–H groups in total. The van der Waals surface area contributed by atoms with Gasteiger partial charge in [-0.1, -0.05) is 11.6 Å². The van der Waals surface area contributed by atoms with Crippen LogP contribution in [0.25, 0.3) is 0 Å². The third-order valence-electron chi connectivity index (χ3n) is 3.64. The molecule has 1 aliphatic heterocycles. The molecule has 2 aromatic heterocycles. The number of carbonyl (C=O) groups excluding carboxylic acids is 1. The highest BCUT2D eigenvalue weighted by Gasteiger charge is 2.18. The van der Waals surface area contributed by atoms with Crippen molar-refractivity contribution in [1.29, 1.82) is 0 Å². The van der Waals surface area contributed by atoms with E-state index in [1.807, 2.05) is 11.6 Å². The lowest BCUT2D eigenvalue weighted by molar-refractivity contribution is -0.117. The fraction of sp³-hybridized carbons (Fsp3) is 0.400. The summed E-state index contributed by atoms with van der Waals surface area (Å²) in [5, 5.41) is 6.40. The van der Waals surface area contributed by atoms with Gasteiger partial charge in [0, 0.05) is 44.0 Å². The van der Waals surface area contributed by atoms with E-state index < -0.39 is 0 Å². The quantitative estimate of drug-likeness (QED) is 0.916. The molecule has 1 aliphatic rings. The number of carbonyl (C=O) groups is 1. The zero-order valence-corrected chi connectivity index (χ0v) is 14.2. The Morgan fingerprint density at radius 2 is 2.17 bits per heavy atom. The molecule has 0 unspecified atom stereocenters. The maximum atomic E-state index is 12.1. The van der Waals surface area contributed by atoms with Crippen molar-refractivity contribution in [3.63, 3.8) is 0 Å². The summed E-state index contributed by atoms with van der Waals surface area (Å²) in [4.78, 5) is 25.0. The van der Waals surface area contributed by atoms with E-state index in [-0.39, 0.29) is 5.91 Å². The molecular weight excluding hydrogens is 334 g/mol. The van der Waals surface area contributed by atoms with Crippen LogP contribution in [-0.2, 0) is 4.79 Å². The number of aromatic nitrogens is 2. The third kappa shape index (κ3) is 4.63. The second-order valence-electron chi connectivity index (χ2n) is 5.34. The smallest absolute Gasteiger partial charge is 0.239 e. The Bertz CT molecular complexity index is 634. The van der Waals surface area contributed by atoms with Gasteiger partial charge in [-0.05, 0) is 18.6 Å². The average Bonchev–Trinajstić information content (AvgIpc) is 2.97. The number of hydrogen-bond donors (Lipinski definition) is 1. The molecule has 0 radical (unpaired) electrons. The molecule has 23 heavy (non-hydrogen) atoms. The van der Waals surface area contributed by atoms with Crippen molar-refractivity contribution >= 4 is 39.8 Å². The van der Waals surface area contributed by atoms with Crippen LogP contribution in [0.1, 0.15) is 6.42 Å². The molecule has 0 aromatic carbocycles. The van der Waals surface area contributed by atoms with Crippen molar-refractivity contribution in [2.75, 3.05) is 42.9 Å². The Labute approximate surface area is 144 Å². The lowest BCUT2D eigenvalue weighted by atomic mass is 10.3. The molecule has 3 heterocycles. The van der Waals surface area contributed by atoms with Crippen LogP contribution in [0.5, 0.6) is 0 Å². The number of amides is 1. The maximum absolute atomic E-state index is 12.1. The number of rotatable bonds is 4. The van der Waals surface area contributed by atoms with Gasteiger partial charge in [-0.3, -0.25) is 9.69 Å². The second kappa shape index (κ2) is 7.72. The normalized spacial score (nSPS) is 16.1. The third-order valence-corrected chi connectivity index (χ3v) is 4.70. The molecule has 8 heteroatoms. The SMILES string of the molecule is O=C(CN1CCCN(c2nccs2)CC1)Nc1ccc(Cl)cn1. The molecule has 0 saturated carbocycles. The van der Waals surface area contributed by atoms with Crippen molar-refractivity contribution < 1.29 is 4.79 Å². The molecule has 3 rings (SSSR count). The molecule has 1 fully saturated rings. The number of halogens is 1. The van der Waals surface area contributed by atoms with Gasteiger partial charge in [0.25, 0.3) is 0 Å². The summed E-state index contributed by atoms with van der Waals surface area (Å²) in [5.41, 5.74) is 0. The molecule has 1 saturated heterocycles. The van der Waals surface area contributed by atoms with E-state index in [9.17, 15) is 4.79 Å². The summed E-state index contributed by atoms with van der Waals surface area (Å²) in [6.45, 7) is 3.99. The fourth-order valence-corrected chi connectivity index (χ4v) is 3.34. The number of nitrogens with zero attached hydrogens (tertiary/aromatic N) is 4. The van der Waals surface area contributed by atoms with Gasteiger partial charge in [-0.2, -0.15) is 0 Å². The Kier molecular flexibility index (Phi) is 5.43. The van der Waals surface area contributed by atoms with Crippen molar-refractivity contribution in [3.8, 4) is 0 Å². The van der Waals surface area contributed by atoms with Crippen molar-refractivity contribution in [1.82, 2.24) is 14.9 Å². The van der Waals surface area contributed by atoms with E-state index in [4.69, 9.17) is 11.6 Å². The van der Waals surface area contributed by atoms with Crippen LogP contribution in [0.15, 0.2) is 29.9 Å². The van der Waals surface area contributed by atoms with E-state index in [1.54, 1.807) is 23.5 Å². The van der Waals surface area contributed by atoms with Crippen LogP contribution >= 0.6 is 22.9 Å². The molecule has 0 spiro atoms. The van der Waals surface area contributed by atoms with Crippen LogP contribution in [0, 0.1) is 0 Å². The molecule has 1 amide bonds. The first kappa shape index (κ1) is 16.2. The first-order chi connectivity index (χ1) is 11.2. The van der Waals surface area contributed by atoms with Gasteiger partial charge in [0.05, 0.1) is 11.6 Å². The van der Waals surface area contributed by atoms with Crippen LogP contribution in [0.4, 0.5) is 10.9 Å². The van der Waals surface area contributed by atoms with Gasteiger partial charge >= 0.3 is 0 Å². The summed E-state index contributed by atoms with van der Waals surface area (Å²) in [6.07, 6.45) is 4.37. The minimum absolute atomic E-state index is 0.0532. The maximum Gasteiger partial charge on any atom is 0.239 e. The van der Waals surface area contributed by atoms with Gasteiger partial charge in [0.15, 0.2) is 5.13 Å². The lowest BCUT2D eigenvalue weighted by Gasteiger charge is -2.20. The highest BCUT2D eigenvalue weighted by Crippen LogP contribution is 2.19. The Hall–Kier alpha value is -1.70. The molecule has 2 aromatic rings.